The maximum atomic E-state index is 12.9. The molecule has 1 amide bonds. The zero-order valence-electron chi connectivity index (χ0n) is 12.1. The highest BCUT2D eigenvalue weighted by atomic mass is 19.1. The number of fused-ring (bicyclic) bond motifs is 1. The molecular weight excluding hydrogens is 285 g/mol. The second-order valence-electron chi connectivity index (χ2n) is 5.11. The van der Waals surface area contributed by atoms with Crippen molar-refractivity contribution in [1.82, 2.24) is 5.32 Å². The predicted molar refractivity (Wildman–Crippen MR) is 79.7 cm³/mol. The summed E-state index contributed by atoms with van der Waals surface area (Å²) < 4.78 is 23.9. The first kappa shape index (κ1) is 14.4. The molecule has 5 heteroatoms. The Kier molecular flexibility index (Phi) is 3.96. The first-order valence-corrected chi connectivity index (χ1v) is 7.09. The van der Waals surface area contributed by atoms with Gasteiger partial charge >= 0.3 is 0 Å². The lowest BCUT2D eigenvalue weighted by molar-refractivity contribution is 0.0939. The van der Waals surface area contributed by atoms with Gasteiger partial charge in [0.1, 0.15) is 19.0 Å². The third-order valence-electron chi connectivity index (χ3n) is 3.52. The second kappa shape index (κ2) is 6.05. The van der Waals surface area contributed by atoms with Crippen LogP contribution < -0.4 is 14.8 Å². The summed E-state index contributed by atoms with van der Waals surface area (Å²) in [5.74, 6) is 0.789. The number of halogens is 1. The Bertz CT molecular complexity index is 685. The van der Waals surface area contributed by atoms with Crippen LogP contribution in [0.25, 0.3) is 0 Å². The van der Waals surface area contributed by atoms with Crippen molar-refractivity contribution in [3.8, 4) is 11.5 Å². The maximum absolute atomic E-state index is 12.9. The van der Waals surface area contributed by atoms with Crippen LogP contribution in [0.5, 0.6) is 11.5 Å². The molecule has 1 heterocycles. The molecule has 0 aliphatic carbocycles. The van der Waals surface area contributed by atoms with Crippen LogP contribution in [0.4, 0.5) is 4.39 Å². The van der Waals surface area contributed by atoms with E-state index >= 15 is 0 Å². The summed E-state index contributed by atoms with van der Waals surface area (Å²) in [4.78, 5) is 12.1. The summed E-state index contributed by atoms with van der Waals surface area (Å²) in [5, 5.41) is 2.88. The van der Waals surface area contributed by atoms with E-state index in [9.17, 15) is 9.18 Å². The van der Waals surface area contributed by atoms with Gasteiger partial charge in [-0.3, -0.25) is 4.79 Å². The molecule has 1 aliphatic rings. The van der Waals surface area contributed by atoms with Crippen molar-refractivity contribution in [3.05, 3.63) is 59.4 Å². The standard InChI is InChI=1S/C17H16FNO3/c1-11(19-17(20)12-2-5-14(18)6-3-12)13-4-7-15-16(10-13)22-9-8-21-15/h2-7,10-11H,8-9H2,1H3,(H,19,20)/t11-/m1/s1. The number of benzene rings is 2. The van der Waals surface area contributed by atoms with Crippen molar-refractivity contribution in [1.29, 1.82) is 0 Å². The van der Waals surface area contributed by atoms with E-state index in [0.29, 0.717) is 30.3 Å². The molecule has 0 saturated heterocycles. The van der Waals surface area contributed by atoms with E-state index < -0.39 is 0 Å². The van der Waals surface area contributed by atoms with Gasteiger partial charge in [-0.05, 0) is 48.9 Å². The number of rotatable bonds is 3. The highest BCUT2D eigenvalue weighted by Crippen LogP contribution is 2.32. The van der Waals surface area contributed by atoms with Crippen molar-refractivity contribution in [2.24, 2.45) is 0 Å². The zero-order valence-corrected chi connectivity index (χ0v) is 12.1. The van der Waals surface area contributed by atoms with Gasteiger partial charge < -0.3 is 14.8 Å². The predicted octanol–water partition coefficient (Wildman–Crippen LogP) is 3.09. The van der Waals surface area contributed by atoms with Crippen LogP contribution in [0.1, 0.15) is 28.9 Å². The molecule has 0 aromatic heterocycles. The molecule has 1 atom stereocenters. The molecule has 0 saturated carbocycles. The number of carbonyl (C=O) groups excluding carboxylic acids is 1. The lowest BCUT2D eigenvalue weighted by atomic mass is 10.1. The molecule has 4 nitrogen and oxygen atoms in total. The van der Waals surface area contributed by atoms with Gasteiger partial charge in [-0.25, -0.2) is 4.39 Å². The van der Waals surface area contributed by atoms with Gasteiger partial charge in [0.2, 0.25) is 0 Å². The first-order valence-electron chi connectivity index (χ1n) is 7.09. The SMILES string of the molecule is C[C@@H](NC(=O)c1ccc(F)cc1)c1ccc2c(c1)OCCO2. The van der Waals surface area contributed by atoms with E-state index in [1.54, 1.807) is 0 Å². The topological polar surface area (TPSA) is 47.6 Å². The van der Waals surface area contributed by atoms with Gasteiger partial charge in [0.25, 0.3) is 5.91 Å². The number of carbonyl (C=O) groups is 1. The Morgan fingerprint density at radius 2 is 1.77 bits per heavy atom. The molecule has 114 valence electrons. The highest BCUT2D eigenvalue weighted by molar-refractivity contribution is 5.94. The molecule has 0 fully saturated rings. The summed E-state index contributed by atoms with van der Waals surface area (Å²) in [6.07, 6.45) is 0. The third kappa shape index (κ3) is 3.03. The Labute approximate surface area is 127 Å². The molecule has 2 aromatic carbocycles. The Balaban J connectivity index is 1.72. The Morgan fingerprint density at radius 3 is 2.50 bits per heavy atom. The fourth-order valence-corrected chi connectivity index (χ4v) is 2.29. The maximum Gasteiger partial charge on any atom is 0.251 e. The van der Waals surface area contributed by atoms with Gasteiger partial charge in [-0.15, -0.1) is 0 Å². The van der Waals surface area contributed by atoms with Crippen molar-refractivity contribution >= 4 is 5.91 Å². The summed E-state index contributed by atoms with van der Waals surface area (Å²) >= 11 is 0. The third-order valence-corrected chi connectivity index (χ3v) is 3.52. The molecule has 0 bridgehead atoms. The first-order chi connectivity index (χ1) is 10.6. The minimum atomic E-state index is -0.364. The van der Waals surface area contributed by atoms with Gasteiger partial charge in [0, 0.05) is 5.56 Å². The summed E-state index contributed by atoms with van der Waals surface area (Å²) in [5.41, 5.74) is 1.34. The van der Waals surface area contributed by atoms with Crippen LogP contribution >= 0.6 is 0 Å². The normalized spacial score (nSPS) is 14.3. The number of hydrogen-bond donors (Lipinski definition) is 1. The van der Waals surface area contributed by atoms with Crippen LogP contribution in [0.3, 0.4) is 0 Å². The van der Waals surface area contributed by atoms with Crippen molar-refractivity contribution in [3.63, 3.8) is 0 Å². The number of ether oxygens (including phenoxy) is 2. The monoisotopic (exact) mass is 301 g/mol. The molecule has 2 aromatic rings. The summed E-state index contributed by atoms with van der Waals surface area (Å²) in [6.45, 7) is 2.95. The molecular formula is C17H16FNO3. The summed E-state index contributed by atoms with van der Waals surface area (Å²) in [6, 6.07) is 10.8. The molecule has 22 heavy (non-hydrogen) atoms. The zero-order chi connectivity index (χ0) is 15.5. The van der Waals surface area contributed by atoms with E-state index in [2.05, 4.69) is 5.32 Å². The number of nitrogens with one attached hydrogen (secondary N) is 1. The van der Waals surface area contributed by atoms with E-state index in [0.717, 1.165) is 5.56 Å². The molecule has 1 aliphatic heterocycles. The summed E-state index contributed by atoms with van der Waals surface area (Å²) in [7, 11) is 0. The number of hydrogen-bond acceptors (Lipinski definition) is 3. The van der Waals surface area contributed by atoms with Gasteiger partial charge in [-0.1, -0.05) is 6.07 Å². The van der Waals surface area contributed by atoms with Crippen LogP contribution in [0.15, 0.2) is 42.5 Å². The van der Waals surface area contributed by atoms with E-state index in [1.807, 2.05) is 25.1 Å². The van der Waals surface area contributed by atoms with Gasteiger partial charge in [-0.2, -0.15) is 0 Å². The highest BCUT2D eigenvalue weighted by Gasteiger charge is 2.16. The van der Waals surface area contributed by atoms with Crippen molar-refractivity contribution in [2.75, 3.05) is 13.2 Å². The van der Waals surface area contributed by atoms with Crippen LogP contribution in [-0.2, 0) is 0 Å². The Hall–Kier alpha value is -2.56. The molecule has 1 N–H and O–H groups in total. The molecule has 0 radical (unpaired) electrons. The van der Waals surface area contributed by atoms with Crippen LogP contribution in [-0.4, -0.2) is 19.1 Å². The second-order valence-corrected chi connectivity index (χ2v) is 5.11. The lowest BCUT2D eigenvalue weighted by Gasteiger charge is -2.21. The Morgan fingerprint density at radius 1 is 1.09 bits per heavy atom. The minimum Gasteiger partial charge on any atom is -0.486 e. The smallest absolute Gasteiger partial charge is 0.251 e. The molecule has 0 spiro atoms. The van der Waals surface area contributed by atoms with E-state index in [4.69, 9.17) is 9.47 Å². The largest absolute Gasteiger partial charge is 0.486 e. The van der Waals surface area contributed by atoms with Crippen molar-refractivity contribution in [2.45, 2.75) is 13.0 Å². The van der Waals surface area contributed by atoms with Gasteiger partial charge in [0.15, 0.2) is 11.5 Å². The fourth-order valence-electron chi connectivity index (χ4n) is 2.29. The molecule has 0 unspecified atom stereocenters. The van der Waals surface area contributed by atoms with Crippen molar-refractivity contribution < 1.29 is 18.7 Å². The van der Waals surface area contributed by atoms with E-state index in [1.165, 1.54) is 24.3 Å². The molecule has 3 rings (SSSR count). The quantitative estimate of drug-likeness (QED) is 0.947. The average Bonchev–Trinajstić information content (AvgIpc) is 2.55. The van der Waals surface area contributed by atoms with E-state index in [-0.39, 0.29) is 17.8 Å². The van der Waals surface area contributed by atoms with Crippen LogP contribution in [0, 0.1) is 5.82 Å². The van der Waals surface area contributed by atoms with Crippen LogP contribution in [0.2, 0.25) is 0 Å². The number of amides is 1. The lowest BCUT2D eigenvalue weighted by Crippen LogP contribution is -2.26. The minimum absolute atomic E-state index is 0.201. The van der Waals surface area contributed by atoms with Gasteiger partial charge in [0.05, 0.1) is 6.04 Å². The average molecular weight is 301 g/mol. The fraction of sp³-hybridized carbons (Fsp3) is 0.235.